The molecule has 1 saturated heterocycles. The molecular formula is C18H15Cl2N3O4S3. The molecule has 0 spiro atoms. The van der Waals surface area contributed by atoms with Gasteiger partial charge in [0, 0.05) is 23.7 Å². The molecule has 1 aromatic carbocycles. The Kier molecular flexibility index (Phi) is 7.25. The molecule has 1 aliphatic heterocycles. The molecule has 0 saturated carbocycles. The van der Waals surface area contributed by atoms with Crippen LogP contribution in [0.2, 0.25) is 9.36 Å². The molecule has 3 rings (SSSR count). The van der Waals surface area contributed by atoms with Crippen molar-refractivity contribution in [3.8, 4) is 0 Å². The summed E-state index contributed by atoms with van der Waals surface area (Å²) in [6.07, 6.45) is 1.31. The zero-order valence-corrected chi connectivity index (χ0v) is 19.2. The normalized spacial score (nSPS) is 18.1. The van der Waals surface area contributed by atoms with Gasteiger partial charge in [0.1, 0.15) is 9.46 Å². The quantitative estimate of drug-likeness (QED) is 0.569. The number of hydrogen-bond acceptors (Lipinski definition) is 6. The van der Waals surface area contributed by atoms with Gasteiger partial charge in [-0.05, 0) is 36.4 Å². The highest BCUT2D eigenvalue weighted by atomic mass is 35.5. The number of carbonyl (C=O) groups is 2. The molecule has 0 aliphatic carbocycles. The number of hydrogen-bond donors (Lipinski definition) is 1. The molecule has 1 atom stereocenters. The summed E-state index contributed by atoms with van der Waals surface area (Å²) in [7, 11) is -4.04. The smallest absolute Gasteiger partial charge is 0.294 e. The Hall–Kier alpha value is -1.85. The van der Waals surface area contributed by atoms with E-state index in [0.717, 1.165) is 23.1 Å². The Balaban J connectivity index is 1.77. The second-order valence-corrected chi connectivity index (χ2v) is 11.2. The molecule has 12 heteroatoms. The Morgan fingerprint density at radius 2 is 1.93 bits per heavy atom. The Morgan fingerprint density at radius 3 is 2.53 bits per heavy atom. The Labute approximate surface area is 191 Å². The third kappa shape index (κ3) is 5.44. The molecule has 2 aromatic rings. The second kappa shape index (κ2) is 9.52. The predicted octanol–water partition coefficient (Wildman–Crippen LogP) is 4.26. The van der Waals surface area contributed by atoms with Crippen LogP contribution in [-0.4, -0.2) is 42.1 Å². The molecule has 2 amide bonds. The lowest BCUT2D eigenvalue weighted by molar-refractivity contribution is -0.127. The number of nitrogens with one attached hydrogen (secondary N) is 1. The van der Waals surface area contributed by atoms with Crippen molar-refractivity contribution >= 4 is 79.0 Å². The lowest BCUT2D eigenvalue weighted by Gasteiger charge is -2.13. The molecule has 7 nitrogen and oxygen atoms in total. The summed E-state index contributed by atoms with van der Waals surface area (Å²) < 4.78 is 29.2. The van der Waals surface area contributed by atoms with Crippen LogP contribution >= 0.6 is 46.3 Å². The number of benzene rings is 1. The van der Waals surface area contributed by atoms with Gasteiger partial charge in [-0.25, -0.2) is 0 Å². The largest absolute Gasteiger partial charge is 0.326 e. The molecule has 158 valence electrons. The monoisotopic (exact) mass is 503 g/mol. The van der Waals surface area contributed by atoms with E-state index in [1.807, 2.05) is 0 Å². The summed E-state index contributed by atoms with van der Waals surface area (Å²) >= 11 is 13.4. The molecule has 1 fully saturated rings. The summed E-state index contributed by atoms with van der Waals surface area (Å²) in [4.78, 5) is 26.3. The van der Waals surface area contributed by atoms with Gasteiger partial charge in [-0.15, -0.1) is 22.3 Å². The lowest BCUT2D eigenvalue weighted by atomic mass is 10.2. The van der Waals surface area contributed by atoms with Gasteiger partial charge in [0.25, 0.3) is 10.0 Å². The maximum atomic E-state index is 12.7. The van der Waals surface area contributed by atoms with Gasteiger partial charge in [-0.2, -0.15) is 8.42 Å². The van der Waals surface area contributed by atoms with Crippen molar-refractivity contribution in [2.75, 3.05) is 11.9 Å². The summed E-state index contributed by atoms with van der Waals surface area (Å²) in [5.74, 6) is -0.805. The van der Waals surface area contributed by atoms with Crippen LogP contribution in [0.3, 0.4) is 0 Å². The third-order valence-electron chi connectivity index (χ3n) is 3.83. The molecule has 0 radical (unpaired) electrons. The van der Waals surface area contributed by atoms with Crippen molar-refractivity contribution < 1.29 is 18.0 Å². The topological polar surface area (TPSA) is 95.9 Å². The van der Waals surface area contributed by atoms with Crippen LogP contribution in [0.15, 0.2) is 57.7 Å². The van der Waals surface area contributed by atoms with Crippen molar-refractivity contribution in [2.45, 2.75) is 15.9 Å². The zero-order valence-electron chi connectivity index (χ0n) is 15.2. The van der Waals surface area contributed by atoms with Crippen LogP contribution in [-0.2, 0) is 19.6 Å². The molecule has 1 aromatic heterocycles. The van der Waals surface area contributed by atoms with Gasteiger partial charge in [0.05, 0.1) is 4.34 Å². The fourth-order valence-electron chi connectivity index (χ4n) is 2.50. The SMILES string of the molecule is C=CCN1C(=O)[C@H](CC(=O)Nc2ccc(Cl)cc2)SC1=NS(=O)(=O)c1ccc(Cl)s1. The number of thiophene rings is 1. The van der Waals surface area contributed by atoms with Crippen molar-refractivity contribution in [3.05, 3.63) is 58.4 Å². The maximum Gasteiger partial charge on any atom is 0.294 e. The van der Waals surface area contributed by atoms with E-state index < -0.39 is 27.1 Å². The van der Waals surface area contributed by atoms with Gasteiger partial charge in [-0.3, -0.25) is 14.5 Å². The minimum atomic E-state index is -4.04. The zero-order chi connectivity index (χ0) is 21.9. The van der Waals surface area contributed by atoms with Gasteiger partial charge in [0.15, 0.2) is 5.17 Å². The molecule has 0 unspecified atom stereocenters. The minimum Gasteiger partial charge on any atom is -0.326 e. The van der Waals surface area contributed by atoms with Crippen LogP contribution < -0.4 is 5.32 Å². The first kappa shape index (κ1) is 22.8. The van der Waals surface area contributed by atoms with Crippen LogP contribution in [0.4, 0.5) is 5.69 Å². The third-order valence-corrected chi connectivity index (χ3v) is 8.34. The first-order valence-electron chi connectivity index (χ1n) is 8.44. The summed E-state index contributed by atoms with van der Waals surface area (Å²) in [6, 6.07) is 9.34. The lowest BCUT2D eigenvalue weighted by Crippen LogP contribution is -2.33. The molecular weight excluding hydrogens is 489 g/mol. The fourth-order valence-corrected chi connectivity index (χ4v) is 6.46. The maximum absolute atomic E-state index is 12.7. The standard InChI is InChI=1S/C18H15Cl2N3O4S3/c1-2-9-23-17(25)13(10-15(24)21-12-5-3-11(19)4-6-12)28-18(23)22-30(26,27)16-8-7-14(20)29-16/h2-8,13H,1,9-10H2,(H,21,24)/t13-/m0/s1. The second-order valence-electron chi connectivity index (χ2n) is 6.01. The van der Waals surface area contributed by atoms with Crippen LogP contribution in [0.25, 0.3) is 0 Å². The van der Waals surface area contributed by atoms with Crippen LogP contribution in [0.1, 0.15) is 6.42 Å². The number of amidine groups is 1. The van der Waals surface area contributed by atoms with Crippen molar-refractivity contribution in [3.63, 3.8) is 0 Å². The van der Waals surface area contributed by atoms with Crippen LogP contribution in [0, 0.1) is 0 Å². The van der Waals surface area contributed by atoms with Gasteiger partial charge in [-0.1, -0.05) is 41.0 Å². The average molecular weight is 504 g/mol. The highest BCUT2D eigenvalue weighted by molar-refractivity contribution is 8.16. The number of amides is 2. The number of sulfonamides is 1. The molecule has 30 heavy (non-hydrogen) atoms. The highest BCUT2D eigenvalue weighted by Gasteiger charge is 2.39. The summed E-state index contributed by atoms with van der Waals surface area (Å²) in [6.45, 7) is 3.66. The Morgan fingerprint density at radius 1 is 1.23 bits per heavy atom. The van der Waals surface area contributed by atoms with E-state index in [2.05, 4.69) is 16.3 Å². The number of halogens is 2. The Bertz CT molecular complexity index is 1110. The van der Waals surface area contributed by atoms with E-state index in [9.17, 15) is 18.0 Å². The predicted molar refractivity (Wildman–Crippen MR) is 122 cm³/mol. The fraction of sp³-hybridized carbons (Fsp3) is 0.167. The van der Waals surface area contributed by atoms with Gasteiger partial charge in [0.2, 0.25) is 11.8 Å². The summed E-state index contributed by atoms with van der Waals surface area (Å²) in [5.41, 5.74) is 0.536. The van der Waals surface area contributed by atoms with Gasteiger partial charge >= 0.3 is 0 Å². The number of carbonyl (C=O) groups excluding carboxylic acids is 2. The van der Waals surface area contributed by atoms with Crippen molar-refractivity contribution in [1.29, 1.82) is 0 Å². The highest BCUT2D eigenvalue weighted by Crippen LogP contribution is 2.33. The van der Waals surface area contributed by atoms with E-state index in [4.69, 9.17) is 23.2 Å². The van der Waals surface area contributed by atoms with E-state index in [-0.39, 0.29) is 22.3 Å². The number of anilines is 1. The first-order chi connectivity index (χ1) is 14.2. The average Bonchev–Trinajstić information content (AvgIpc) is 3.23. The van der Waals surface area contributed by atoms with E-state index in [0.29, 0.717) is 15.0 Å². The van der Waals surface area contributed by atoms with Crippen molar-refractivity contribution in [2.24, 2.45) is 4.40 Å². The van der Waals surface area contributed by atoms with Gasteiger partial charge < -0.3 is 5.32 Å². The number of nitrogens with zero attached hydrogens (tertiary/aromatic N) is 2. The summed E-state index contributed by atoms with van der Waals surface area (Å²) in [5, 5.41) is 2.40. The molecule has 2 heterocycles. The van der Waals surface area contributed by atoms with Crippen LogP contribution in [0.5, 0.6) is 0 Å². The minimum absolute atomic E-state index is 0.00582. The molecule has 0 bridgehead atoms. The number of rotatable bonds is 7. The first-order valence-corrected chi connectivity index (χ1v) is 12.3. The van der Waals surface area contributed by atoms with Crippen molar-refractivity contribution in [1.82, 2.24) is 4.90 Å². The van der Waals surface area contributed by atoms with E-state index >= 15 is 0 Å². The van der Waals surface area contributed by atoms with E-state index in [1.165, 1.54) is 23.1 Å². The molecule has 1 aliphatic rings. The molecule has 1 N–H and O–H groups in total. The number of thioether (sulfide) groups is 1. The van der Waals surface area contributed by atoms with E-state index in [1.54, 1.807) is 24.3 Å².